The smallest absolute Gasteiger partial charge is 0.0234 e. The van der Waals surface area contributed by atoms with E-state index in [0.29, 0.717) is 5.41 Å². The molecule has 0 radical (unpaired) electrons. The van der Waals surface area contributed by atoms with Crippen molar-refractivity contribution in [3.05, 3.63) is 35.9 Å². The zero-order chi connectivity index (χ0) is 11.4. The minimum absolute atomic E-state index is 0.380. The first-order valence-electron chi connectivity index (χ1n) is 6.13. The number of rotatable bonds is 2. The molecule has 1 aromatic carbocycles. The minimum Gasteiger partial charge on any atom is -0.315 e. The van der Waals surface area contributed by atoms with Crippen LogP contribution in [-0.2, 0) is 6.54 Å². The van der Waals surface area contributed by atoms with E-state index in [2.05, 4.69) is 54.4 Å². The molecule has 0 spiro atoms. The van der Waals surface area contributed by atoms with Gasteiger partial charge in [0.1, 0.15) is 0 Å². The van der Waals surface area contributed by atoms with Crippen LogP contribution in [0.3, 0.4) is 0 Å². The van der Waals surface area contributed by atoms with Gasteiger partial charge in [-0.3, -0.25) is 4.90 Å². The van der Waals surface area contributed by atoms with E-state index < -0.39 is 0 Å². The van der Waals surface area contributed by atoms with E-state index in [1.54, 1.807) is 0 Å². The summed E-state index contributed by atoms with van der Waals surface area (Å²) in [6, 6.07) is 10.8. The molecule has 1 aliphatic rings. The molecule has 2 heteroatoms. The van der Waals surface area contributed by atoms with Gasteiger partial charge in [-0.2, -0.15) is 0 Å². The second-order valence-electron chi connectivity index (χ2n) is 5.54. The Bertz CT molecular complexity index is 319. The van der Waals surface area contributed by atoms with Crippen LogP contribution < -0.4 is 5.32 Å². The monoisotopic (exact) mass is 218 g/mol. The Morgan fingerprint density at radius 1 is 1.25 bits per heavy atom. The van der Waals surface area contributed by atoms with Crippen LogP contribution >= 0.6 is 0 Å². The zero-order valence-electron chi connectivity index (χ0n) is 10.4. The van der Waals surface area contributed by atoms with Crippen LogP contribution in [0.1, 0.15) is 19.4 Å². The molecule has 1 N–H and O–H groups in total. The SMILES string of the molecule is CC1(C)CNCCN(Cc2ccccc2)C1. The van der Waals surface area contributed by atoms with Crippen molar-refractivity contribution in [3.8, 4) is 0 Å². The lowest BCUT2D eigenvalue weighted by Crippen LogP contribution is -2.34. The molecule has 16 heavy (non-hydrogen) atoms. The van der Waals surface area contributed by atoms with Gasteiger partial charge in [0.2, 0.25) is 0 Å². The lowest BCUT2D eigenvalue weighted by atomic mass is 9.93. The number of hydrogen-bond donors (Lipinski definition) is 1. The topological polar surface area (TPSA) is 15.3 Å². The second kappa shape index (κ2) is 4.98. The standard InChI is InChI=1S/C14H22N2/c1-14(2)11-15-8-9-16(12-14)10-13-6-4-3-5-7-13/h3-7,15H,8-12H2,1-2H3. The highest BCUT2D eigenvalue weighted by Crippen LogP contribution is 2.19. The van der Waals surface area contributed by atoms with Crippen LogP contribution in [0.4, 0.5) is 0 Å². The third-order valence-corrected chi connectivity index (χ3v) is 3.11. The largest absolute Gasteiger partial charge is 0.315 e. The molecule has 1 saturated heterocycles. The number of benzene rings is 1. The van der Waals surface area contributed by atoms with E-state index in [1.807, 2.05) is 0 Å². The third-order valence-electron chi connectivity index (χ3n) is 3.11. The molecular formula is C14H22N2. The Labute approximate surface area is 98.7 Å². The van der Waals surface area contributed by atoms with Crippen molar-refractivity contribution in [2.45, 2.75) is 20.4 Å². The molecule has 1 fully saturated rings. The average Bonchev–Trinajstić information content (AvgIpc) is 2.40. The van der Waals surface area contributed by atoms with Crippen molar-refractivity contribution in [2.75, 3.05) is 26.2 Å². The van der Waals surface area contributed by atoms with Gasteiger partial charge in [-0.1, -0.05) is 44.2 Å². The summed E-state index contributed by atoms with van der Waals surface area (Å²) in [6.45, 7) is 10.3. The van der Waals surface area contributed by atoms with Gasteiger partial charge in [-0.25, -0.2) is 0 Å². The number of hydrogen-bond acceptors (Lipinski definition) is 2. The van der Waals surface area contributed by atoms with Gasteiger partial charge in [-0.15, -0.1) is 0 Å². The van der Waals surface area contributed by atoms with Crippen LogP contribution in [0.2, 0.25) is 0 Å². The molecule has 0 atom stereocenters. The molecule has 2 nitrogen and oxygen atoms in total. The Morgan fingerprint density at radius 2 is 2.00 bits per heavy atom. The first kappa shape index (κ1) is 11.6. The zero-order valence-corrected chi connectivity index (χ0v) is 10.4. The van der Waals surface area contributed by atoms with E-state index in [9.17, 15) is 0 Å². The molecule has 1 aliphatic heterocycles. The minimum atomic E-state index is 0.380. The van der Waals surface area contributed by atoms with Gasteiger partial charge in [0, 0.05) is 32.7 Å². The van der Waals surface area contributed by atoms with E-state index in [4.69, 9.17) is 0 Å². The summed E-state index contributed by atoms with van der Waals surface area (Å²) < 4.78 is 0. The predicted octanol–water partition coefficient (Wildman–Crippen LogP) is 2.12. The molecule has 0 saturated carbocycles. The highest BCUT2D eigenvalue weighted by atomic mass is 15.2. The predicted molar refractivity (Wildman–Crippen MR) is 68.4 cm³/mol. The average molecular weight is 218 g/mol. The maximum Gasteiger partial charge on any atom is 0.0234 e. The maximum atomic E-state index is 3.51. The molecule has 0 unspecified atom stereocenters. The van der Waals surface area contributed by atoms with Gasteiger partial charge in [0.15, 0.2) is 0 Å². The van der Waals surface area contributed by atoms with E-state index in [0.717, 1.165) is 26.2 Å². The number of nitrogens with one attached hydrogen (secondary N) is 1. The quantitative estimate of drug-likeness (QED) is 0.818. The van der Waals surface area contributed by atoms with E-state index in [-0.39, 0.29) is 0 Å². The van der Waals surface area contributed by atoms with Crippen LogP contribution in [-0.4, -0.2) is 31.1 Å². The molecule has 0 aromatic heterocycles. The van der Waals surface area contributed by atoms with Crippen molar-refractivity contribution in [1.29, 1.82) is 0 Å². The van der Waals surface area contributed by atoms with Crippen molar-refractivity contribution >= 4 is 0 Å². The van der Waals surface area contributed by atoms with Crippen LogP contribution in [0, 0.1) is 5.41 Å². The normalized spacial score (nSPS) is 21.6. The van der Waals surface area contributed by atoms with E-state index in [1.165, 1.54) is 12.1 Å². The molecule has 0 aliphatic carbocycles. The summed E-state index contributed by atoms with van der Waals surface area (Å²) in [5.41, 5.74) is 1.80. The van der Waals surface area contributed by atoms with Gasteiger partial charge in [-0.05, 0) is 11.0 Å². The Kier molecular flexibility index (Phi) is 3.62. The highest BCUT2D eigenvalue weighted by molar-refractivity contribution is 5.14. The van der Waals surface area contributed by atoms with Gasteiger partial charge in [0.05, 0.1) is 0 Å². The molecular weight excluding hydrogens is 196 g/mol. The first-order valence-corrected chi connectivity index (χ1v) is 6.13. The van der Waals surface area contributed by atoms with Crippen LogP contribution in [0.15, 0.2) is 30.3 Å². The Balaban J connectivity index is 1.98. The van der Waals surface area contributed by atoms with Crippen LogP contribution in [0.5, 0.6) is 0 Å². The maximum absolute atomic E-state index is 3.51. The fourth-order valence-electron chi connectivity index (χ4n) is 2.38. The molecule has 88 valence electrons. The van der Waals surface area contributed by atoms with Crippen molar-refractivity contribution < 1.29 is 0 Å². The molecule has 0 bridgehead atoms. The molecule has 0 amide bonds. The Hall–Kier alpha value is -0.860. The third kappa shape index (κ3) is 3.32. The fraction of sp³-hybridized carbons (Fsp3) is 0.571. The molecule has 2 rings (SSSR count). The van der Waals surface area contributed by atoms with Crippen molar-refractivity contribution in [1.82, 2.24) is 10.2 Å². The van der Waals surface area contributed by atoms with Gasteiger partial charge >= 0.3 is 0 Å². The second-order valence-corrected chi connectivity index (χ2v) is 5.54. The number of nitrogens with zero attached hydrogens (tertiary/aromatic N) is 1. The van der Waals surface area contributed by atoms with Gasteiger partial charge in [0.25, 0.3) is 0 Å². The highest BCUT2D eigenvalue weighted by Gasteiger charge is 2.24. The molecule has 1 aromatic rings. The fourth-order valence-corrected chi connectivity index (χ4v) is 2.38. The summed E-state index contributed by atoms with van der Waals surface area (Å²) in [5.74, 6) is 0. The summed E-state index contributed by atoms with van der Waals surface area (Å²) in [6.07, 6.45) is 0. The lowest BCUT2D eigenvalue weighted by Gasteiger charge is -2.28. The van der Waals surface area contributed by atoms with Gasteiger partial charge < -0.3 is 5.32 Å². The van der Waals surface area contributed by atoms with E-state index >= 15 is 0 Å². The Morgan fingerprint density at radius 3 is 2.75 bits per heavy atom. The van der Waals surface area contributed by atoms with Crippen LogP contribution in [0.25, 0.3) is 0 Å². The molecule has 1 heterocycles. The summed E-state index contributed by atoms with van der Waals surface area (Å²) in [5, 5.41) is 3.51. The summed E-state index contributed by atoms with van der Waals surface area (Å²) >= 11 is 0. The van der Waals surface area contributed by atoms with Crippen molar-refractivity contribution in [2.24, 2.45) is 5.41 Å². The summed E-state index contributed by atoms with van der Waals surface area (Å²) in [7, 11) is 0. The van der Waals surface area contributed by atoms with Crippen molar-refractivity contribution in [3.63, 3.8) is 0 Å². The first-order chi connectivity index (χ1) is 7.66. The summed E-state index contributed by atoms with van der Waals surface area (Å²) in [4.78, 5) is 2.55. The lowest BCUT2D eigenvalue weighted by molar-refractivity contribution is 0.200.